The van der Waals surface area contributed by atoms with Crippen LogP contribution in [-0.4, -0.2) is 42.4 Å². The average molecular weight is 250 g/mol. The van der Waals surface area contributed by atoms with Crippen LogP contribution < -0.4 is 15.4 Å². The zero-order valence-corrected chi connectivity index (χ0v) is 10.5. The smallest absolute Gasteiger partial charge is 0.204 e. The Bertz CT molecular complexity index is 440. The molecule has 1 aromatic heterocycles. The Balaban J connectivity index is 1.96. The van der Waals surface area contributed by atoms with Crippen molar-refractivity contribution >= 4 is 11.6 Å². The summed E-state index contributed by atoms with van der Waals surface area (Å²) in [5.74, 6) is 1.76. The van der Waals surface area contributed by atoms with E-state index in [1.165, 1.54) is 12.7 Å². The summed E-state index contributed by atoms with van der Waals surface area (Å²) in [6, 6.07) is 0.391. The summed E-state index contributed by atoms with van der Waals surface area (Å²) in [4.78, 5) is 10.6. The maximum atomic E-state index is 5.84. The van der Waals surface area contributed by atoms with E-state index >= 15 is 0 Å². The predicted octanol–water partition coefficient (Wildman–Crippen LogP) is 0.825. The minimum atomic E-state index is 0.319. The number of ether oxygens (including phenoxy) is 2. The van der Waals surface area contributed by atoms with E-state index in [-0.39, 0.29) is 0 Å². The SMILES string of the molecule is COc1c(N)ncnc1N1CCOC2CCCC21. The highest BCUT2D eigenvalue weighted by atomic mass is 16.5. The lowest BCUT2D eigenvalue weighted by Gasteiger charge is -2.38. The molecule has 98 valence electrons. The summed E-state index contributed by atoms with van der Waals surface area (Å²) in [5.41, 5.74) is 5.84. The van der Waals surface area contributed by atoms with Crippen molar-refractivity contribution in [3.05, 3.63) is 6.33 Å². The Labute approximate surface area is 106 Å². The van der Waals surface area contributed by atoms with Crippen LogP contribution in [0.15, 0.2) is 6.33 Å². The topological polar surface area (TPSA) is 73.5 Å². The zero-order chi connectivity index (χ0) is 12.5. The Hall–Kier alpha value is -1.56. The molecule has 2 N–H and O–H groups in total. The first kappa shape index (κ1) is 11.5. The van der Waals surface area contributed by atoms with E-state index in [1.807, 2.05) is 0 Å². The lowest BCUT2D eigenvalue weighted by Crippen LogP contribution is -2.49. The van der Waals surface area contributed by atoms with Gasteiger partial charge in [0.15, 0.2) is 11.6 Å². The Morgan fingerprint density at radius 1 is 1.44 bits per heavy atom. The van der Waals surface area contributed by atoms with E-state index in [0.29, 0.717) is 23.7 Å². The molecule has 1 aromatic rings. The number of nitrogens with two attached hydrogens (primary N) is 1. The van der Waals surface area contributed by atoms with E-state index in [1.54, 1.807) is 7.11 Å². The van der Waals surface area contributed by atoms with Crippen LogP contribution in [0.1, 0.15) is 19.3 Å². The van der Waals surface area contributed by atoms with E-state index < -0.39 is 0 Å². The number of nitrogen functional groups attached to an aromatic ring is 1. The van der Waals surface area contributed by atoms with E-state index in [9.17, 15) is 0 Å². The predicted molar refractivity (Wildman–Crippen MR) is 67.7 cm³/mol. The van der Waals surface area contributed by atoms with Gasteiger partial charge in [-0.1, -0.05) is 0 Å². The second-order valence-corrected chi connectivity index (χ2v) is 4.72. The third kappa shape index (κ3) is 1.77. The molecule has 6 heteroatoms. The monoisotopic (exact) mass is 250 g/mol. The van der Waals surface area contributed by atoms with Gasteiger partial charge in [0.05, 0.1) is 25.9 Å². The molecule has 0 aromatic carbocycles. The average Bonchev–Trinajstić information content (AvgIpc) is 2.86. The van der Waals surface area contributed by atoms with Gasteiger partial charge in [0.1, 0.15) is 6.33 Å². The molecule has 0 spiro atoms. The Kier molecular flexibility index (Phi) is 2.95. The molecule has 1 aliphatic heterocycles. The number of aromatic nitrogens is 2. The molecule has 2 unspecified atom stereocenters. The lowest BCUT2D eigenvalue weighted by atomic mass is 10.1. The lowest BCUT2D eigenvalue weighted by molar-refractivity contribution is 0.0251. The molecule has 1 aliphatic carbocycles. The second-order valence-electron chi connectivity index (χ2n) is 4.72. The van der Waals surface area contributed by atoms with Gasteiger partial charge >= 0.3 is 0 Å². The van der Waals surface area contributed by atoms with Crippen LogP contribution in [0.4, 0.5) is 11.6 Å². The number of anilines is 2. The van der Waals surface area contributed by atoms with Gasteiger partial charge in [0.25, 0.3) is 0 Å². The minimum Gasteiger partial charge on any atom is -0.490 e. The number of morpholine rings is 1. The summed E-state index contributed by atoms with van der Waals surface area (Å²) < 4.78 is 11.1. The van der Waals surface area contributed by atoms with Crippen LogP contribution in [0.3, 0.4) is 0 Å². The van der Waals surface area contributed by atoms with E-state index in [4.69, 9.17) is 15.2 Å². The normalized spacial score (nSPS) is 27.1. The number of fused-ring (bicyclic) bond motifs is 1. The standard InChI is InChI=1S/C12H18N4O2/c1-17-10-11(13)14-7-15-12(10)16-5-6-18-9-4-2-3-8(9)16/h7-9H,2-6H2,1H3,(H2,13,14,15). The van der Waals surface area contributed by atoms with Crippen molar-refractivity contribution in [2.24, 2.45) is 0 Å². The Morgan fingerprint density at radius 2 is 2.33 bits per heavy atom. The molecule has 2 fully saturated rings. The highest BCUT2D eigenvalue weighted by molar-refractivity contribution is 5.63. The fourth-order valence-electron chi connectivity index (χ4n) is 2.97. The van der Waals surface area contributed by atoms with Gasteiger partial charge < -0.3 is 20.1 Å². The van der Waals surface area contributed by atoms with Gasteiger partial charge in [0.2, 0.25) is 5.75 Å². The first-order chi connectivity index (χ1) is 8.81. The molecule has 3 rings (SSSR count). The first-order valence-electron chi connectivity index (χ1n) is 6.34. The quantitative estimate of drug-likeness (QED) is 0.838. The van der Waals surface area contributed by atoms with Crippen molar-refractivity contribution in [2.45, 2.75) is 31.4 Å². The molecular formula is C12H18N4O2. The fourth-order valence-corrected chi connectivity index (χ4v) is 2.97. The molecule has 18 heavy (non-hydrogen) atoms. The molecule has 2 aliphatic rings. The summed E-state index contributed by atoms with van der Waals surface area (Å²) in [6.07, 6.45) is 5.28. The van der Waals surface area contributed by atoms with Crippen molar-refractivity contribution in [3.8, 4) is 5.75 Å². The molecule has 0 amide bonds. The van der Waals surface area contributed by atoms with E-state index in [0.717, 1.165) is 31.8 Å². The maximum Gasteiger partial charge on any atom is 0.204 e. The largest absolute Gasteiger partial charge is 0.490 e. The van der Waals surface area contributed by atoms with Gasteiger partial charge in [-0.15, -0.1) is 0 Å². The van der Waals surface area contributed by atoms with Crippen molar-refractivity contribution < 1.29 is 9.47 Å². The van der Waals surface area contributed by atoms with Crippen LogP contribution in [0.2, 0.25) is 0 Å². The minimum absolute atomic E-state index is 0.319. The summed E-state index contributed by atoms with van der Waals surface area (Å²) in [7, 11) is 1.60. The maximum absolute atomic E-state index is 5.84. The second kappa shape index (κ2) is 4.61. The number of hydrogen-bond acceptors (Lipinski definition) is 6. The van der Waals surface area contributed by atoms with Gasteiger partial charge in [-0.25, -0.2) is 9.97 Å². The zero-order valence-electron chi connectivity index (χ0n) is 10.5. The summed E-state index contributed by atoms with van der Waals surface area (Å²) in [5, 5.41) is 0. The summed E-state index contributed by atoms with van der Waals surface area (Å²) in [6.45, 7) is 1.56. The Morgan fingerprint density at radius 3 is 3.17 bits per heavy atom. The van der Waals surface area contributed by atoms with Crippen LogP contribution in [0.5, 0.6) is 5.75 Å². The third-order valence-electron chi connectivity index (χ3n) is 3.77. The van der Waals surface area contributed by atoms with Crippen molar-refractivity contribution in [2.75, 3.05) is 30.9 Å². The van der Waals surface area contributed by atoms with Gasteiger partial charge in [-0.05, 0) is 19.3 Å². The van der Waals surface area contributed by atoms with Gasteiger partial charge in [0, 0.05) is 6.54 Å². The van der Waals surface area contributed by atoms with Crippen LogP contribution in [0.25, 0.3) is 0 Å². The fraction of sp³-hybridized carbons (Fsp3) is 0.667. The molecule has 2 heterocycles. The number of hydrogen-bond donors (Lipinski definition) is 1. The van der Waals surface area contributed by atoms with E-state index in [2.05, 4.69) is 14.9 Å². The van der Waals surface area contributed by atoms with Crippen LogP contribution in [0, 0.1) is 0 Å². The van der Waals surface area contributed by atoms with Crippen LogP contribution in [-0.2, 0) is 4.74 Å². The van der Waals surface area contributed by atoms with Crippen molar-refractivity contribution in [3.63, 3.8) is 0 Å². The van der Waals surface area contributed by atoms with Crippen molar-refractivity contribution in [1.82, 2.24) is 9.97 Å². The highest BCUT2D eigenvalue weighted by Gasteiger charge is 2.38. The highest BCUT2D eigenvalue weighted by Crippen LogP contribution is 2.37. The molecule has 0 radical (unpaired) electrons. The van der Waals surface area contributed by atoms with Gasteiger partial charge in [-0.3, -0.25) is 0 Å². The molecular weight excluding hydrogens is 232 g/mol. The van der Waals surface area contributed by atoms with Crippen molar-refractivity contribution in [1.29, 1.82) is 0 Å². The number of nitrogens with zero attached hydrogens (tertiary/aromatic N) is 3. The number of rotatable bonds is 2. The molecule has 1 saturated carbocycles. The molecule has 6 nitrogen and oxygen atoms in total. The van der Waals surface area contributed by atoms with Crippen LogP contribution >= 0.6 is 0 Å². The third-order valence-corrected chi connectivity index (χ3v) is 3.77. The van der Waals surface area contributed by atoms with Gasteiger partial charge in [-0.2, -0.15) is 0 Å². The molecule has 1 saturated heterocycles. The molecule has 2 atom stereocenters. The first-order valence-corrected chi connectivity index (χ1v) is 6.34. The molecule has 0 bridgehead atoms. The summed E-state index contributed by atoms with van der Waals surface area (Å²) >= 11 is 0. The number of methoxy groups -OCH3 is 1.